The van der Waals surface area contributed by atoms with E-state index in [-0.39, 0.29) is 51.7 Å². The minimum atomic E-state index is -4.73. The Morgan fingerprint density at radius 1 is 1.17 bits per heavy atom. The topological polar surface area (TPSA) is 123 Å². The lowest BCUT2D eigenvalue weighted by Crippen LogP contribution is -2.55. The summed E-state index contributed by atoms with van der Waals surface area (Å²) in [5.74, 6) is -3.40. The van der Waals surface area contributed by atoms with Crippen LogP contribution in [0, 0.1) is 11.6 Å². The van der Waals surface area contributed by atoms with Crippen molar-refractivity contribution in [2.45, 2.75) is 55.9 Å². The van der Waals surface area contributed by atoms with E-state index in [1.165, 1.54) is 30.3 Å². The van der Waals surface area contributed by atoms with E-state index in [4.69, 9.17) is 17.3 Å². The normalized spacial score (nSPS) is 19.4. The lowest BCUT2D eigenvalue weighted by molar-refractivity contribution is -0.137. The first-order chi connectivity index (χ1) is 21.7. The molecular weight excluding hydrogens is 653 g/mol. The molecule has 0 spiro atoms. The Morgan fingerprint density at radius 3 is 2.61 bits per heavy atom. The molecule has 46 heavy (non-hydrogen) atoms. The molecule has 2 aromatic carbocycles. The van der Waals surface area contributed by atoms with Gasteiger partial charge in [0.15, 0.2) is 0 Å². The molecule has 5 atom stereocenters. The zero-order valence-electron chi connectivity index (χ0n) is 24.8. The van der Waals surface area contributed by atoms with E-state index in [9.17, 15) is 31.1 Å². The lowest BCUT2D eigenvalue weighted by atomic mass is 9.85. The van der Waals surface area contributed by atoms with Gasteiger partial charge in [0, 0.05) is 60.5 Å². The summed E-state index contributed by atoms with van der Waals surface area (Å²) in [5.41, 5.74) is 5.68. The average molecular weight is 687 g/mol. The van der Waals surface area contributed by atoms with Crippen molar-refractivity contribution >= 4 is 34.3 Å². The van der Waals surface area contributed by atoms with Crippen molar-refractivity contribution in [1.82, 2.24) is 15.2 Å². The predicted molar refractivity (Wildman–Crippen MR) is 165 cm³/mol. The molecule has 0 aliphatic carbocycles. The van der Waals surface area contributed by atoms with Crippen molar-refractivity contribution in [3.8, 4) is 0 Å². The fraction of sp³-hybridized carbons (Fsp3) is 0.419. The van der Waals surface area contributed by atoms with E-state index in [1.807, 2.05) is 7.05 Å². The number of piperazine rings is 1. The van der Waals surface area contributed by atoms with Crippen molar-refractivity contribution in [3.63, 3.8) is 0 Å². The summed E-state index contributed by atoms with van der Waals surface area (Å²) in [5, 5.41) is 5.84. The summed E-state index contributed by atoms with van der Waals surface area (Å²) < 4.78 is 91.8. The maximum absolute atomic E-state index is 15.1. The number of carbonyl (C=O) groups excluding carboxylic acids is 1. The Labute approximate surface area is 271 Å². The van der Waals surface area contributed by atoms with Gasteiger partial charge >= 0.3 is 6.18 Å². The first-order valence-corrected chi connectivity index (χ1v) is 16.2. The fourth-order valence-electron chi connectivity index (χ4n) is 5.68. The number of rotatable bonds is 12. The third kappa shape index (κ3) is 9.29. The molecule has 1 fully saturated rings. The molecule has 3 aromatic rings. The molecule has 8 nitrogen and oxygen atoms in total. The van der Waals surface area contributed by atoms with Crippen LogP contribution in [-0.4, -0.2) is 68.6 Å². The minimum absolute atomic E-state index is 0.00195. The Bertz CT molecular complexity index is 1550. The molecule has 0 bridgehead atoms. The van der Waals surface area contributed by atoms with Gasteiger partial charge in [0.1, 0.15) is 11.6 Å². The minimum Gasteiger partial charge on any atom is -0.772 e. The van der Waals surface area contributed by atoms with Crippen LogP contribution in [0.1, 0.15) is 47.4 Å². The van der Waals surface area contributed by atoms with Crippen LogP contribution in [0.15, 0.2) is 54.9 Å². The zero-order chi connectivity index (χ0) is 33.6. The predicted octanol–water partition coefficient (Wildman–Crippen LogP) is 4.99. The average Bonchev–Trinajstić information content (AvgIpc) is 2.99. The standard InChI is InChI=1S/C31H35ClF5N5O3S/c1-42-17-21(40-16-22(42)4-3-11-46(44)45)8-9-23-25(33)5-2-6-27(23)41-30(43)29(38)28(18-7-10-24(32)26(34)13-18)19-12-20(15-39-14-19)31(35,36)37/h2,5-7,10,12-15,21-22,28-29,40H,3-4,8-9,11,16-17,38H2,1H3,(H,41,43)(H,44,45)/p-1/t21?,22?,28-,29-/m0/s1. The second-order valence-corrected chi connectivity index (χ2v) is 12.7. The number of likely N-dealkylation sites (N-methyl/N-ethyl adjacent to an activating group) is 1. The molecule has 1 saturated heterocycles. The molecule has 15 heteroatoms. The number of hydrogen-bond acceptors (Lipinski definition) is 7. The van der Waals surface area contributed by atoms with E-state index < -0.39 is 52.3 Å². The fourth-order valence-corrected chi connectivity index (χ4v) is 6.20. The van der Waals surface area contributed by atoms with Crippen LogP contribution in [0.5, 0.6) is 0 Å². The molecule has 3 unspecified atom stereocenters. The highest BCUT2D eigenvalue weighted by Gasteiger charge is 2.35. The van der Waals surface area contributed by atoms with Crippen LogP contribution < -0.4 is 16.4 Å². The molecule has 1 amide bonds. The number of carbonyl (C=O) groups is 1. The van der Waals surface area contributed by atoms with Gasteiger partial charge in [-0.2, -0.15) is 13.2 Å². The van der Waals surface area contributed by atoms with E-state index in [2.05, 4.69) is 20.5 Å². The Balaban J connectivity index is 1.51. The maximum Gasteiger partial charge on any atom is 0.417 e. The molecular formula is C31H34ClF5N5O3S-. The Morgan fingerprint density at radius 2 is 1.93 bits per heavy atom. The number of aromatic nitrogens is 1. The third-order valence-electron chi connectivity index (χ3n) is 8.15. The van der Waals surface area contributed by atoms with Gasteiger partial charge in [0.2, 0.25) is 5.91 Å². The summed E-state index contributed by atoms with van der Waals surface area (Å²) in [4.78, 5) is 19.3. The van der Waals surface area contributed by atoms with Crippen LogP contribution in [0.4, 0.5) is 27.6 Å². The summed E-state index contributed by atoms with van der Waals surface area (Å²) in [6.45, 7) is 1.29. The van der Waals surface area contributed by atoms with Crippen LogP contribution in [-0.2, 0) is 28.5 Å². The number of benzene rings is 2. The number of alkyl halides is 3. The highest BCUT2D eigenvalue weighted by atomic mass is 35.5. The van der Waals surface area contributed by atoms with Crippen molar-refractivity contribution in [1.29, 1.82) is 0 Å². The molecule has 1 aromatic heterocycles. The Hall–Kier alpha value is -3.01. The van der Waals surface area contributed by atoms with Crippen LogP contribution in [0.25, 0.3) is 0 Å². The highest BCUT2D eigenvalue weighted by Crippen LogP contribution is 2.35. The quantitative estimate of drug-likeness (QED) is 0.181. The molecule has 250 valence electrons. The summed E-state index contributed by atoms with van der Waals surface area (Å²) >= 11 is 3.74. The molecule has 0 saturated carbocycles. The van der Waals surface area contributed by atoms with E-state index >= 15 is 4.39 Å². The number of anilines is 1. The van der Waals surface area contributed by atoms with Crippen molar-refractivity contribution < 1.29 is 35.5 Å². The molecule has 1 aliphatic heterocycles. The van der Waals surface area contributed by atoms with Gasteiger partial charge in [0.25, 0.3) is 0 Å². The SMILES string of the molecule is CN1CC(CCc2c(F)cccc2NC(=O)[C@@H](N)[C@H](c2cncc(C(F)(F)F)c2)c2ccc(Cl)c(F)c2)NCC1CCCS(=O)[O-]. The summed E-state index contributed by atoms with van der Waals surface area (Å²) in [6.07, 6.45) is -0.956. The van der Waals surface area contributed by atoms with Gasteiger partial charge in [-0.3, -0.25) is 14.0 Å². The maximum atomic E-state index is 15.1. The first-order valence-electron chi connectivity index (χ1n) is 14.5. The molecule has 4 rings (SSSR count). The van der Waals surface area contributed by atoms with E-state index in [1.54, 1.807) is 0 Å². The number of nitrogens with one attached hydrogen (secondary N) is 2. The number of pyridine rings is 1. The summed E-state index contributed by atoms with van der Waals surface area (Å²) in [7, 11) is 1.95. The second kappa shape index (κ2) is 15.7. The molecule has 4 N–H and O–H groups in total. The van der Waals surface area contributed by atoms with Gasteiger partial charge in [-0.15, -0.1) is 0 Å². The van der Waals surface area contributed by atoms with Crippen LogP contribution in [0.3, 0.4) is 0 Å². The number of nitrogens with two attached hydrogens (primary N) is 1. The smallest absolute Gasteiger partial charge is 0.417 e. The number of hydrogen-bond donors (Lipinski definition) is 3. The number of nitrogens with zero attached hydrogens (tertiary/aromatic N) is 2. The van der Waals surface area contributed by atoms with Gasteiger partial charge < -0.3 is 25.8 Å². The lowest BCUT2D eigenvalue weighted by Gasteiger charge is -2.38. The second-order valence-electron chi connectivity index (χ2n) is 11.3. The monoisotopic (exact) mass is 686 g/mol. The van der Waals surface area contributed by atoms with Gasteiger partial charge in [-0.25, -0.2) is 8.78 Å². The third-order valence-corrected chi connectivity index (χ3v) is 9.08. The van der Waals surface area contributed by atoms with Crippen LogP contribution >= 0.6 is 11.6 Å². The van der Waals surface area contributed by atoms with Crippen LogP contribution in [0.2, 0.25) is 5.02 Å². The van der Waals surface area contributed by atoms with Crippen molar-refractivity contribution in [2.75, 3.05) is 31.2 Å². The Kier molecular flexibility index (Phi) is 12.2. The van der Waals surface area contributed by atoms with E-state index in [0.29, 0.717) is 38.5 Å². The largest absolute Gasteiger partial charge is 0.772 e. The number of halogens is 6. The first kappa shape index (κ1) is 35.8. The molecule has 0 radical (unpaired) electrons. The van der Waals surface area contributed by atoms with Gasteiger partial charge in [-0.1, -0.05) is 34.8 Å². The van der Waals surface area contributed by atoms with E-state index in [0.717, 1.165) is 18.3 Å². The molecule has 2 heterocycles. The zero-order valence-corrected chi connectivity index (χ0v) is 26.4. The highest BCUT2D eigenvalue weighted by molar-refractivity contribution is 7.79. The van der Waals surface area contributed by atoms with Gasteiger partial charge in [0.05, 0.1) is 16.6 Å². The number of amides is 1. The van der Waals surface area contributed by atoms with Gasteiger partial charge in [-0.05, 0) is 74.2 Å². The van der Waals surface area contributed by atoms with Crippen molar-refractivity contribution in [3.05, 3.63) is 93.8 Å². The summed E-state index contributed by atoms with van der Waals surface area (Å²) in [6, 6.07) is 7.17. The molecule has 1 aliphatic rings. The van der Waals surface area contributed by atoms with Crippen molar-refractivity contribution in [2.24, 2.45) is 5.73 Å².